The molecule has 0 aliphatic heterocycles. The molecule has 0 N–H and O–H groups in total. The summed E-state index contributed by atoms with van der Waals surface area (Å²) in [7, 11) is 0. The second kappa shape index (κ2) is 20.0. The van der Waals surface area contributed by atoms with E-state index in [4.69, 9.17) is 11.3 Å². The Kier molecular flexibility index (Phi) is 15.5. The van der Waals surface area contributed by atoms with Gasteiger partial charge in [0.2, 0.25) is 0 Å². The van der Waals surface area contributed by atoms with E-state index < -0.39 is 5.60 Å². The molecule has 5 rings (SSSR count). The van der Waals surface area contributed by atoms with Gasteiger partial charge in [-0.2, -0.15) is 0 Å². The molecule has 0 heterocycles. The van der Waals surface area contributed by atoms with Gasteiger partial charge in [-0.05, 0) is 97.7 Å². The zero-order chi connectivity index (χ0) is 34.2. The first-order valence-electron chi connectivity index (χ1n) is 21.0. The highest BCUT2D eigenvalue weighted by Crippen LogP contribution is 2.64. The maximum atomic E-state index is 12.9. The van der Waals surface area contributed by atoms with E-state index in [1.165, 1.54) is 134 Å². The van der Waals surface area contributed by atoms with Gasteiger partial charge in [-0.1, -0.05) is 164 Å². The summed E-state index contributed by atoms with van der Waals surface area (Å²) >= 11 is 0. The van der Waals surface area contributed by atoms with E-state index in [1.54, 1.807) is 0 Å². The molecule has 2 aromatic rings. The minimum Gasteiger partial charge on any atom is -0.361 e. The van der Waals surface area contributed by atoms with Crippen LogP contribution in [0.15, 0.2) is 72.8 Å². The topological polar surface area (TPSA) is 26.3 Å². The van der Waals surface area contributed by atoms with Gasteiger partial charge in [-0.25, -0.2) is 0 Å². The van der Waals surface area contributed by atoms with Crippen molar-refractivity contribution in [2.75, 3.05) is 6.61 Å². The van der Waals surface area contributed by atoms with Gasteiger partial charge in [0.1, 0.15) is 11.4 Å². The van der Waals surface area contributed by atoms with Gasteiger partial charge >= 0.3 is 0 Å². The molecule has 2 heteroatoms. The first-order chi connectivity index (χ1) is 24.1. The zero-order valence-corrected chi connectivity index (χ0v) is 31.4. The summed E-state index contributed by atoms with van der Waals surface area (Å²) in [5, 5.41) is 0. The fourth-order valence-corrected chi connectivity index (χ4v) is 10.6. The highest BCUT2D eigenvalue weighted by atomic mass is 16.5. The van der Waals surface area contributed by atoms with Crippen molar-refractivity contribution in [1.29, 1.82) is 0 Å². The van der Waals surface area contributed by atoms with Gasteiger partial charge in [0.15, 0.2) is 0 Å². The van der Waals surface area contributed by atoms with E-state index >= 15 is 0 Å². The van der Waals surface area contributed by atoms with Crippen molar-refractivity contribution >= 4 is 5.78 Å². The summed E-state index contributed by atoms with van der Waals surface area (Å²) in [4.78, 5) is 12.9. The van der Waals surface area contributed by atoms with Crippen molar-refractivity contribution in [3.05, 3.63) is 83.9 Å². The summed E-state index contributed by atoms with van der Waals surface area (Å²) in [5.41, 5.74) is 3.49. The SMILES string of the molecule is C=C(CC1CC2CCC(C1)C21CCCC1)C(OCCCC(=O)CCCCCCCCCCCCCCC)(c1ccccc1)c1ccccc1. The van der Waals surface area contributed by atoms with Crippen LogP contribution in [-0.2, 0) is 15.1 Å². The van der Waals surface area contributed by atoms with E-state index in [0.29, 0.717) is 30.1 Å². The third kappa shape index (κ3) is 10.2. The maximum absolute atomic E-state index is 12.9. The lowest BCUT2D eigenvalue weighted by atomic mass is 9.60. The second-order valence-corrected chi connectivity index (χ2v) is 16.5. The molecule has 1 spiro atoms. The summed E-state index contributed by atoms with van der Waals surface area (Å²) in [6, 6.07) is 21.6. The molecule has 3 saturated carbocycles. The van der Waals surface area contributed by atoms with Crippen molar-refractivity contribution in [1.82, 2.24) is 0 Å². The van der Waals surface area contributed by atoms with Gasteiger partial charge in [0.25, 0.3) is 0 Å². The molecule has 0 aromatic heterocycles. The highest BCUT2D eigenvalue weighted by Gasteiger charge is 2.55. The first-order valence-corrected chi connectivity index (χ1v) is 21.0. The Bertz CT molecular complexity index is 1170. The van der Waals surface area contributed by atoms with Crippen molar-refractivity contribution in [2.24, 2.45) is 23.2 Å². The lowest BCUT2D eigenvalue weighted by Crippen LogP contribution is -2.38. The number of ketones is 1. The van der Waals surface area contributed by atoms with Crippen molar-refractivity contribution in [3.8, 4) is 0 Å². The molecular weight excluding hydrogens is 597 g/mol. The molecule has 2 atom stereocenters. The summed E-state index contributed by atoms with van der Waals surface area (Å²) in [6.07, 6.45) is 32.0. The number of benzene rings is 2. The Morgan fingerprint density at radius 1 is 0.694 bits per heavy atom. The number of Topliss-reactive ketones (excluding diaryl/α,β-unsaturated/α-hetero) is 1. The van der Waals surface area contributed by atoms with Crippen molar-refractivity contribution in [2.45, 2.75) is 173 Å². The van der Waals surface area contributed by atoms with Gasteiger partial charge < -0.3 is 4.74 Å². The monoisotopic (exact) mass is 667 g/mol. The van der Waals surface area contributed by atoms with Crippen LogP contribution in [0.2, 0.25) is 0 Å². The smallest absolute Gasteiger partial charge is 0.139 e. The van der Waals surface area contributed by atoms with Crippen LogP contribution in [0.25, 0.3) is 0 Å². The number of unbranched alkanes of at least 4 members (excludes halogenated alkanes) is 12. The number of ether oxygens (including phenoxy) is 1. The van der Waals surface area contributed by atoms with Crippen LogP contribution in [0.3, 0.4) is 0 Å². The second-order valence-electron chi connectivity index (χ2n) is 16.5. The Labute approximate surface area is 301 Å². The predicted octanol–water partition coefficient (Wildman–Crippen LogP) is 13.7. The van der Waals surface area contributed by atoms with Crippen molar-refractivity contribution in [3.63, 3.8) is 0 Å². The fraction of sp³-hybridized carbons (Fsp3) is 0.681. The van der Waals surface area contributed by atoms with E-state index in [-0.39, 0.29) is 0 Å². The van der Waals surface area contributed by atoms with Crippen LogP contribution in [-0.4, -0.2) is 12.4 Å². The molecule has 0 saturated heterocycles. The first kappa shape index (κ1) is 38.1. The number of carbonyl (C=O) groups excluding carboxylic acids is 1. The molecule has 3 fully saturated rings. The summed E-state index contributed by atoms with van der Waals surface area (Å²) < 4.78 is 7.09. The van der Waals surface area contributed by atoms with Gasteiger partial charge in [0, 0.05) is 19.4 Å². The highest BCUT2D eigenvalue weighted by molar-refractivity contribution is 5.78. The van der Waals surface area contributed by atoms with Crippen LogP contribution in [0.4, 0.5) is 0 Å². The zero-order valence-electron chi connectivity index (χ0n) is 31.4. The Balaban J connectivity index is 1.09. The van der Waals surface area contributed by atoms with E-state index in [0.717, 1.165) is 48.6 Å². The minimum atomic E-state index is -0.692. The third-order valence-electron chi connectivity index (χ3n) is 13.1. The largest absolute Gasteiger partial charge is 0.361 e. The Morgan fingerprint density at radius 3 is 1.67 bits per heavy atom. The molecular formula is C47H70O2. The van der Waals surface area contributed by atoms with Gasteiger partial charge in [0.05, 0.1) is 0 Å². The molecule has 2 nitrogen and oxygen atoms in total. The average Bonchev–Trinajstić information content (AvgIpc) is 3.67. The summed E-state index contributed by atoms with van der Waals surface area (Å²) in [5.74, 6) is 2.91. The minimum absolute atomic E-state index is 0.397. The van der Waals surface area contributed by atoms with E-state index in [9.17, 15) is 4.79 Å². The van der Waals surface area contributed by atoms with Crippen LogP contribution < -0.4 is 0 Å². The molecule has 49 heavy (non-hydrogen) atoms. The Hall–Kier alpha value is -2.19. The third-order valence-corrected chi connectivity index (χ3v) is 13.1. The predicted molar refractivity (Wildman–Crippen MR) is 208 cm³/mol. The maximum Gasteiger partial charge on any atom is 0.139 e. The fourth-order valence-electron chi connectivity index (χ4n) is 10.6. The molecule has 3 aliphatic rings. The number of carbonyl (C=O) groups is 1. The Morgan fingerprint density at radius 2 is 1.16 bits per heavy atom. The number of rotatable bonds is 24. The molecule has 2 aromatic carbocycles. The standard InChI is InChI=1S/C47H70O2/c1-3-4-5-6-7-8-9-10-11-12-13-14-21-29-45(48)30-24-35-49-47(41-25-17-15-18-26-41,42-27-19-16-20-28-42)39(2)36-40-37-43-31-32-44(38-40)46(43)33-22-23-34-46/h15-20,25-28,40,43-44H,2-14,21-24,29-38H2,1H3. The average molecular weight is 667 g/mol. The quantitative estimate of drug-likeness (QED) is 0.0823. The van der Waals surface area contributed by atoms with Gasteiger partial charge in [-0.15, -0.1) is 0 Å². The van der Waals surface area contributed by atoms with Crippen LogP contribution in [0.5, 0.6) is 0 Å². The van der Waals surface area contributed by atoms with E-state index in [2.05, 4.69) is 67.6 Å². The number of hydrogen-bond acceptors (Lipinski definition) is 2. The lowest BCUT2D eigenvalue weighted by molar-refractivity contribution is -0.119. The van der Waals surface area contributed by atoms with Crippen LogP contribution in [0.1, 0.15) is 179 Å². The van der Waals surface area contributed by atoms with Gasteiger partial charge in [-0.3, -0.25) is 4.79 Å². The normalized spacial score (nSPS) is 21.4. The van der Waals surface area contributed by atoms with Crippen molar-refractivity contribution < 1.29 is 9.53 Å². The molecule has 3 aliphatic carbocycles. The number of hydrogen-bond donors (Lipinski definition) is 0. The van der Waals surface area contributed by atoms with Crippen LogP contribution >= 0.6 is 0 Å². The van der Waals surface area contributed by atoms with E-state index in [1.807, 2.05) is 0 Å². The molecule has 2 unspecified atom stereocenters. The molecule has 0 amide bonds. The van der Waals surface area contributed by atoms with Crippen LogP contribution in [0, 0.1) is 23.2 Å². The molecule has 0 radical (unpaired) electrons. The summed E-state index contributed by atoms with van der Waals surface area (Å²) in [6.45, 7) is 7.70. The molecule has 270 valence electrons. The molecule has 2 bridgehead atoms. The lowest BCUT2D eigenvalue weighted by Gasteiger charge is -2.46.